The fourth-order valence-electron chi connectivity index (χ4n) is 3.02. The summed E-state index contributed by atoms with van der Waals surface area (Å²) in [7, 11) is 0. The summed E-state index contributed by atoms with van der Waals surface area (Å²) in [5.41, 5.74) is 3.79. The maximum atomic E-state index is 11.2. The van der Waals surface area contributed by atoms with E-state index in [-0.39, 0.29) is 11.6 Å². The number of nitrogens with zero attached hydrogens (tertiary/aromatic N) is 3. The molecule has 0 unspecified atom stereocenters. The minimum atomic E-state index is 0.141. The third-order valence-electron chi connectivity index (χ3n) is 4.38. The molecule has 2 aromatic heterocycles. The van der Waals surface area contributed by atoms with Crippen molar-refractivity contribution in [1.29, 1.82) is 0 Å². The second-order valence-corrected chi connectivity index (χ2v) is 9.13. The van der Waals surface area contributed by atoms with E-state index in [1.54, 1.807) is 25.2 Å². The van der Waals surface area contributed by atoms with Crippen LogP contribution in [0.25, 0.3) is 20.1 Å². The molecule has 0 spiro atoms. The molecule has 0 saturated heterocycles. The number of hydrogen-bond donors (Lipinski definition) is 0. The van der Waals surface area contributed by atoms with Gasteiger partial charge in [0.2, 0.25) is 0 Å². The monoisotopic (exact) mass is 433 g/mol. The number of benzene rings is 2. The minimum absolute atomic E-state index is 0.141. The Hall–Kier alpha value is -3.03. The van der Waals surface area contributed by atoms with Crippen LogP contribution in [0.15, 0.2) is 64.8 Å². The summed E-state index contributed by atoms with van der Waals surface area (Å²) in [5, 5.41) is 10.4. The smallest absolute Gasteiger partial charge is 0.142 e. The largest absolute Gasteiger partial charge is 0.300 e. The molecule has 0 aliphatic heterocycles. The molecule has 2 aromatic carbocycles. The van der Waals surface area contributed by atoms with Gasteiger partial charge in [-0.2, -0.15) is 0 Å². The first-order valence-electron chi connectivity index (χ1n) is 9.45. The van der Waals surface area contributed by atoms with Crippen molar-refractivity contribution < 1.29 is 9.59 Å². The maximum absolute atomic E-state index is 11.2. The van der Waals surface area contributed by atoms with E-state index in [9.17, 15) is 9.59 Å². The number of rotatable bonds is 7. The van der Waals surface area contributed by atoms with E-state index in [1.165, 1.54) is 11.3 Å². The van der Waals surface area contributed by atoms with Crippen molar-refractivity contribution in [3.8, 4) is 10.6 Å². The molecular formula is C23H19N3O2S2. The molecule has 0 amide bonds. The van der Waals surface area contributed by atoms with Gasteiger partial charge in [0.1, 0.15) is 26.4 Å². The molecule has 0 N–H and O–H groups in total. The lowest BCUT2D eigenvalue weighted by molar-refractivity contribution is -0.117. The summed E-state index contributed by atoms with van der Waals surface area (Å²) < 4.78 is 1.08. The van der Waals surface area contributed by atoms with Crippen LogP contribution in [-0.2, 0) is 22.4 Å². The lowest BCUT2D eigenvalue weighted by Crippen LogP contribution is -1.95. The number of aromatic nitrogens is 1. The number of Topliss-reactive ketones (excluding diaryl/α,β-unsaturated/α-hetero) is 2. The number of ketones is 2. The predicted octanol–water partition coefficient (Wildman–Crippen LogP) is 6.70. The Bertz CT molecular complexity index is 1200. The number of thiophene rings is 1. The van der Waals surface area contributed by atoms with Crippen molar-refractivity contribution in [2.24, 2.45) is 10.2 Å². The van der Waals surface area contributed by atoms with Crippen LogP contribution in [0.1, 0.15) is 25.0 Å². The van der Waals surface area contributed by atoms with Crippen LogP contribution in [0.5, 0.6) is 0 Å². The van der Waals surface area contributed by atoms with Gasteiger partial charge in [0.05, 0.1) is 10.4 Å². The number of azo groups is 1. The highest BCUT2D eigenvalue weighted by Crippen LogP contribution is 2.39. The fourth-order valence-corrected chi connectivity index (χ4v) is 5.06. The average molecular weight is 434 g/mol. The summed E-state index contributed by atoms with van der Waals surface area (Å²) in [6.45, 7) is 3.18. The molecule has 0 saturated carbocycles. The molecule has 2 heterocycles. The number of fused-ring (bicyclic) bond motifs is 1. The van der Waals surface area contributed by atoms with Crippen LogP contribution in [-0.4, -0.2) is 16.6 Å². The molecular weight excluding hydrogens is 414 g/mol. The molecule has 0 fully saturated rings. The second-order valence-electron chi connectivity index (χ2n) is 7.09. The minimum Gasteiger partial charge on any atom is -0.300 e. The number of carbonyl (C=O) groups is 2. The van der Waals surface area contributed by atoms with Crippen molar-refractivity contribution in [2.45, 2.75) is 26.7 Å². The van der Waals surface area contributed by atoms with Crippen molar-refractivity contribution in [2.75, 3.05) is 0 Å². The van der Waals surface area contributed by atoms with Crippen LogP contribution in [0.2, 0.25) is 0 Å². The van der Waals surface area contributed by atoms with E-state index >= 15 is 0 Å². The topological polar surface area (TPSA) is 71.8 Å². The Balaban J connectivity index is 1.47. The summed E-state index contributed by atoms with van der Waals surface area (Å²) in [6.07, 6.45) is 0.896. The fraction of sp³-hybridized carbons (Fsp3) is 0.174. The van der Waals surface area contributed by atoms with Crippen molar-refractivity contribution in [3.05, 3.63) is 65.7 Å². The van der Waals surface area contributed by atoms with Gasteiger partial charge in [-0.25, -0.2) is 4.98 Å². The van der Waals surface area contributed by atoms with E-state index in [2.05, 4.69) is 10.2 Å². The number of hydrogen-bond acceptors (Lipinski definition) is 7. The molecule has 0 aliphatic rings. The van der Waals surface area contributed by atoms with Gasteiger partial charge in [-0.1, -0.05) is 47.7 Å². The zero-order chi connectivity index (χ0) is 21.1. The number of thiazole rings is 1. The SMILES string of the molecule is CC(=O)Cc1ccc(N=Nc2cc3sc(-c4ccc(CC(C)=O)cc4)nc3s2)cc1. The summed E-state index contributed by atoms with van der Waals surface area (Å²) >= 11 is 3.12. The molecule has 5 nitrogen and oxygen atoms in total. The van der Waals surface area contributed by atoms with Crippen LogP contribution in [0.4, 0.5) is 10.7 Å². The summed E-state index contributed by atoms with van der Waals surface area (Å²) in [5.74, 6) is 0.299. The molecule has 0 bridgehead atoms. The van der Waals surface area contributed by atoms with Crippen molar-refractivity contribution >= 4 is 54.5 Å². The Morgan fingerprint density at radius 1 is 0.833 bits per heavy atom. The summed E-state index contributed by atoms with van der Waals surface area (Å²) in [4.78, 5) is 28.1. The molecule has 30 heavy (non-hydrogen) atoms. The lowest BCUT2D eigenvalue weighted by atomic mass is 10.1. The normalized spacial score (nSPS) is 11.4. The van der Waals surface area contributed by atoms with Gasteiger partial charge in [0.25, 0.3) is 0 Å². The van der Waals surface area contributed by atoms with E-state index in [0.717, 1.165) is 41.9 Å². The molecule has 0 aliphatic carbocycles. The van der Waals surface area contributed by atoms with Crippen LogP contribution >= 0.6 is 22.7 Å². The Kier molecular flexibility index (Phi) is 5.92. The maximum Gasteiger partial charge on any atom is 0.142 e. The first-order valence-corrected chi connectivity index (χ1v) is 11.1. The third-order valence-corrected chi connectivity index (χ3v) is 6.48. The Morgan fingerprint density at radius 2 is 1.43 bits per heavy atom. The standard InChI is InChI=1S/C23H19N3O2S2/c1-14(27)11-16-3-7-18(8-4-16)22-24-23-20(29-22)13-21(30-23)26-25-19-9-5-17(6-10-19)12-15(2)28/h3-10,13H,11-12H2,1-2H3. The van der Waals surface area contributed by atoms with E-state index in [4.69, 9.17) is 4.98 Å². The molecule has 0 atom stereocenters. The second kappa shape index (κ2) is 8.77. The van der Waals surface area contributed by atoms with Gasteiger partial charge < -0.3 is 0 Å². The zero-order valence-corrected chi connectivity index (χ0v) is 18.2. The van der Waals surface area contributed by atoms with E-state index in [1.807, 2.05) is 54.6 Å². The Morgan fingerprint density at radius 3 is 2.00 bits per heavy atom. The first kappa shape index (κ1) is 20.3. The highest BCUT2D eigenvalue weighted by molar-refractivity contribution is 7.30. The molecule has 4 rings (SSSR count). The third kappa shape index (κ3) is 4.93. The molecule has 7 heteroatoms. The quantitative estimate of drug-likeness (QED) is 0.304. The van der Waals surface area contributed by atoms with Crippen molar-refractivity contribution in [3.63, 3.8) is 0 Å². The Labute approximate surface area is 182 Å². The predicted molar refractivity (Wildman–Crippen MR) is 122 cm³/mol. The lowest BCUT2D eigenvalue weighted by Gasteiger charge is -1.99. The van der Waals surface area contributed by atoms with Crippen LogP contribution in [0, 0.1) is 0 Å². The van der Waals surface area contributed by atoms with Crippen LogP contribution < -0.4 is 0 Å². The van der Waals surface area contributed by atoms with Gasteiger partial charge in [0.15, 0.2) is 0 Å². The molecule has 150 valence electrons. The van der Waals surface area contributed by atoms with Gasteiger partial charge in [-0.3, -0.25) is 9.59 Å². The van der Waals surface area contributed by atoms with Gasteiger partial charge in [-0.05, 0) is 43.2 Å². The van der Waals surface area contributed by atoms with Crippen molar-refractivity contribution in [1.82, 2.24) is 4.98 Å². The highest BCUT2D eigenvalue weighted by Gasteiger charge is 2.10. The van der Waals surface area contributed by atoms with E-state index in [0.29, 0.717) is 12.8 Å². The van der Waals surface area contributed by atoms with Gasteiger partial charge in [0, 0.05) is 18.4 Å². The highest BCUT2D eigenvalue weighted by atomic mass is 32.1. The average Bonchev–Trinajstić information content (AvgIpc) is 3.26. The zero-order valence-electron chi connectivity index (χ0n) is 16.6. The number of carbonyl (C=O) groups excluding carboxylic acids is 2. The van der Waals surface area contributed by atoms with E-state index < -0.39 is 0 Å². The first-order chi connectivity index (χ1) is 14.5. The van der Waals surface area contributed by atoms with Gasteiger partial charge >= 0.3 is 0 Å². The molecule has 0 radical (unpaired) electrons. The van der Waals surface area contributed by atoms with Crippen LogP contribution in [0.3, 0.4) is 0 Å². The molecule has 4 aromatic rings. The summed E-state index contributed by atoms with van der Waals surface area (Å²) in [6, 6.07) is 17.5. The van der Waals surface area contributed by atoms with Gasteiger partial charge in [-0.15, -0.1) is 21.6 Å².